The summed E-state index contributed by atoms with van der Waals surface area (Å²) in [6, 6.07) is 8.00. The number of rotatable bonds is 4. The average molecular weight is 281 g/mol. The molecule has 1 aliphatic heterocycles. The first-order valence-electron chi connectivity index (χ1n) is 7.20. The van der Waals surface area contributed by atoms with Gasteiger partial charge in [-0.15, -0.1) is 0 Å². The Morgan fingerprint density at radius 2 is 2.21 bits per heavy atom. The normalized spacial score (nSPS) is 21.3. The Hall–Kier alpha value is -0.570. The van der Waals surface area contributed by atoms with Crippen molar-refractivity contribution in [3.8, 4) is 0 Å². The summed E-state index contributed by atoms with van der Waals surface area (Å²) in [7, 11) is 0. The highest BCUT2D eigenvalue weighted by atomic mass is 35.5. The Balaban J connectivity index is 1.85. The maximum atomic E-state index is 6.26. The first kappa shape index (κ1) is 14.8. The van der Waals surface area contributed by atoms with Crippen LogP contribution in [-0.2, 0) is 0 Å². The Morgan fingerprint density at radius 1 is 1.42 bits per heavy atom. The van der Waals surface area contributed by atoms with Crippen molar-refractivity contribution in [2.24, 2.45) is 11.1 Å². The molecule has 1 unspecified atom stereocenters. The van der Waals surface area contributed by atoms with E-state index in [0.717, 1.165) is 23.6 Å². The SMILES string of the molecule is CC1(C)CCCN(CCC(N)c2cccc(Cl)c2)C1. The molecule has 1 aromatic carbocycles. The minimum Gasteiger partial charge on any atom is -0.324 e. The van der Waals surface area contributed by atoms with Gasteiger partial charge in [0.25, 0.3) is 0 Å². The third kappa shape index (κ3) is 4.48. The number of likely N-dealkylation sites (tertiary alicyclic amines) is 1. The van der Waals surface area contributed by atoms with Gasteiger partial charge in [0.15, 0.2) is 0 Å². The zero-order valence-electron chi connectivity index (χ0n) is 12.0. The maximum absolute atomic E-state index is 6.26. The third-order valence-electron chi connectivity index (χ3n) is 4.01. The van der Waals surface area contributed by atoms with Crippen LogP contribution in [0.2, 0.25) is 5.02 Å². The monoisotopic (exact) mass is 280 g/mol. The van der Waals surface area contributed by atoms with Gasteiger partial charge in [0, 0.05) is 17.6 Å². The van der Waals surface area contributed by atoms with Crippen molar-refractivity contribution in [1.82, 2.24) is 4.90 Å². The lowest BCUT2D eigenvalue weighted by atomic mass is 9.84. The van der Waals surface area contributed by atoms with Gasteiger partial charge < -0.3 is 10.6 Å². The largest absolute Gasteiger partial charge is 0.324 e. The van der Waals surface area contributed by atoms with E-state index in [2.05, 4.69) is 24.8 Å². The van der Waals surface area contributed by atoms with Crippen LogP contribution < -0.4 is 5.73 Å². The molecule has 3 heteroatoms. The van der Waals surface area contributed by atoms with Gasteiger partial charge in [0.2, 0.25) is 0 Å². The quantitative estimate of drug-likeness (QED) is 0.908. The predicted molar refractivity (Wildman–Crippen MR) is 82.5 cm³/mol. The zero-order chi connectivity index (χ0) is 13.9. The Kier molecular flexibility index (Phi) is 4.88. The van der Waals surface area contributed by atoms with E-state index >= 15 is 0 Å². The second-order valence-electron chi connectivity index (χ2n) is 6.49. The van der Waals surface area contributed by atoms with E-state index in [0.29, 0.717) is 5.41 Å². The van der Waals surface area contributed by atoms with Crippen molar-refractivity contribution in [2.75, 3.05) is 19.6 Å². The fraction of sp³-hybridized carbons (Fsp3) is 0.625. The molecule has 0 aromatic heterocycles. The van der Waals surface area contributed by atoms with Gasteiger partial charge in [-0.25, -0.2) is 0 Å². The molecule has 1 atom stereocenters. The summed E-state index contributed by atoms with van der Waals surface area (Å²) in [5.41, 5.74) is 7.86. The van der Waals surface area contributed by atoms with Crippen molar-refractivity contribution in [2.45, 2.75) is 39.2 Å². The van der Waals surface area contributed by atoms with Crippen LogP contribution in [0.1, 0.15) is 44.7 Å². The molecule has 0 amide bonds. The summed E-state index contributed by atoms with van der Waals surface area (Å²) in [5, 5.41) is 0.770. The smallest absolute Gasteiger partial charge is 0.0409 e. The number of piperidine rings is 1. The molecule has 1 saturated heterocycles. The standard InChI is InChI=1S/C16H25ClN2/c1-16(2)8-4-9-19(12-16)10-7-15(18)13-5-3-6-14(17)11-13/h3,5-6,11,15H,4,7-10,12,18H2,1-2H3. The van der Waals surface area contributed by atoms with Crippen molar-refractivity contribution in [1.29, 1.82) is 0 Å². The van der Waals surface area contributed by atoms with E-state index in [-0.39, 0.29) is 6.04 Å². The highest BCUT2D eigenvalue weighted by molar-refractivity contribution is 6.30. The van der Waals surface area contributed by atoms with Crippen LogP contribution in [0, 0.1) is 5.41 Å². The minimum absolute atomic E-state index is 0.0868. The number of nitrogens with zero attached hydrogens (tertiary/aromatic N) is 1. The minimum atomic E-state index is 0.0868. The highest BCUT2D eigenvalue weighted by Crippen LogP contribution is 2.29. The molecule has 2 rings (SSSR count). The van der Waals surface area contributed by atoms with Crippen molar-refractivity contribution >= 4 is 11.6 Å². The molecule has 106 valence electrons. The van der Waals surface area contributed by atoms with Crippen LogP contribution in [0.3, 0.4) is 0 Å². The lowest BCUT2D eigenvalue weighted by Crippen LogP contribution is -2.41. The Labute approximate surface area is 121 Å². The maximum Gasteiger partial charge on any atom is 0.0409 e. The number of benzene rings is 1. The topological polar surface area (TPSA) is 29.3 Å². The van der Waals surface area contributed by atoms with Gasteiger partial charge in [-0.3, -0.25) is 0 Å². The van der Waals surface area contributed by atoms with Crippen molar-refractivity contribution in [3.05, 3.63) is 34.9 Å². The first-order valence-corrected chi connectivity index (χ1v) is 7.57. The van der Waals surface area contributed by atoms with Gasteiger partial charge >= 0.3 is 0 Å². The number of hydrogen-bond donors (Lipinski definition) is 1. The van der Waals surface area contributed by atoms with Gasteiger partial charge in [-0.1, -0.05) is 37.6 Å². The Bertz CT molecular complexity index is 417. The summed E-state index contributed by atoms with van der Waals surface area (Å²) < 4.78 is 0. The van der Waals surface area contributed by atoms with Crippen LogP contribution >= 0.6 is 11.6 Å². The summed E-state index contributed by atoms with van der Waals surface area (Å²) >= 11 is 6.01. The molecule has 1 aromatic rings. The van der Waals surface area contributed by atoms with E-state index in [4.69, 9.17) is 17.3 Å². The molecular weight excluding hydrogens is 256 g/mol. The second kappa shape index (κ2) is 6.25. The second-order valence-corrected chi connectivity index (χ2v) is 6.93. The summed E-state index contributed by atoms with van der Waals surface area (Å²) in [4.78, 5) is 2.55. The van der Waals surface area contributed by atoms with Crippen LogP contribution in [0.4, 0.5) is 0 Å². The van der Waals surface area contributed by atoms with Gasteiger partial charge in [0.05, 0.1) is 0 Å². The number of nitrogens with two attached hydrogens (primary N) is 1. The molecule has 1 fully saturated rings. The molecule has 0 radical (unpaired) electrons. The molecule has 0 bridgehead atoms. The van der Waals surface area contributed by atoms with Crippen molar-refractivity contribution in [3.63, 3.8) is 0 Å². The van der Waals surface area contributed by atoms with E-state index in [1.54, 1.807) is 0 Å². The van der Waals surface area contributed by atoms with Crippen molar-refractivity contribution < 1.29 is 0 Å². The molecule has 1 heterocycles. The lowest BCUT2D eigenvalue weighted by molar-refractivity contribution is 0.115. The molecule has 0 saturated carbocycles. The molecule has 2 N–H and O–H groups in total. The van der Waals surface area contributed by atoms with Gasteiger partial charge in [-0.05, 0) is 55.5 Å². The van der Waals surface area contributed by atoms with Crippen LogP contribution in [0.5, 0.6) is 0 Å². The summed E-state index contributed by atoms with van der Waals surface area (Å²) in [6.07, 6.45) is 3.64. The van der Waals surface area contributed by atoms with Gasteiger partial charge in [0.1, 0.15) is 0 Å². The van der Waals surface area contributed by atoms with E-state index in [9.17, 15) is 0 Å². The molecule has 19 heavy (non-hydrogen) atoms. The summed E-state index contributed by atoms with van der Waals surface area (Å²) in [5.74, 6) is 0. The summed E-state index contributed by atoms with van der Waals surface area (Å²) in [6.45, 7) is 8.20. The first-order chi connectivity index (χ1) is 8.96. The number of halogens is 1. The van der Waals surface area contributed by atoms with E-state index < -0.39 is 0 Å². The molecule has 0 aliphatic carbocycles. The van der Waals surface area contributed by atoms with Crippen LogP contribution in [-0.4, -0.2) is 24.5 Å². The molecular formula is C16H25ClN2. The van der Waals surface area contributed by atoms with E-state index in [1.165, 1.54) is 25.9 Å². The molecule has 2 nitrogen and oxygen atoms in total. The van der Waals surface area contributed by atoms with Crippen LogP contribution in [0.15, 0.2) is 24.3 Å². The van der Waals surface area contributed by atoms with Crippen LogP contribution in [0.25, 0.3) is 0 Å². The Morgan fingerprint density at radius 3 is 2.89 bits per heavy atom. The fourth-order valence-electron chi connectivity index (χ4n) is 2.96. The molecule has 0 spiro atoms. The third-order valence-corrected chi connectivity index (χ3v) is 4.25. The lowest BCUT2D eigenvalue weighted by Gasteiger charge is -2.38. The highest BCUT2D eigenvalue weighted by Gasteiger charge is 2.26. The van der Waals surface area contributed by atoms with E-state index in [1.807, 2.05) is 18.2 Å². The molecule has 1 aliphatic rings. The fourth-order valence-corrected chi connectivity index (χ4v) is 3.16. The zero-order valence-corrected chi connectivity index (χ0v) is 12.8. The van der Waals surface area contributed by atoms with Gasteiger partial charge in [-0.2, -0.15) is 0 Å². The average Bonchev–Trinajstić information content (AvgIpc) is 2.35. The predicted octanol–water partition coefficient (Wildman–Crippen LogP) is 3.85. The number of hydrogen-bond acceptors (Lipinski definition) is 2.